The molecular weight excluding hydrogens is 346 g/mol. The standard InChI is InChI=1S/C9H16O2.C7H11N.C7H14.C2H6/c1-2-9(10)11-8-6-4-3-5-7-8;8-6-7-4-2-1-3-5-7;1-7-5-3-2-4-6-7;1-2/h8H,2-7H2,1H3;7H,1-5H2;7H,2-6H2,1H3;1-2H3. The summed E-state index contributed by atoms with van der Waals surface area (Å²) in [6.45, 7) is 8.20. The van der Waals surface area contributed by atoms with Crippen LogP contribution >= 0.6 is 0 Å². The normalized spacial score (nSPS) is 20.7. The van der Waals surface area contributed by atoms with Crippen LogP contribution in [-0.4, -0.2) is 12.1 Å². The molecule has 0 spiro atoms. The Morgan fingerprint density at radius 2 is 1.25 bits per heavy atom. The first-order valence-corrected chi connectivity index (χ1v) is 12.2. The molecule has 3 aliphatic carbocycles. The highest BCUT2D eigenvalue weighted by Gasteiger charge is 2.16. The maximum atomic E-state index is 10.9. The Morgan fingerprint density at radius 1 is 0.821 bits per heavy atom. The largest absolute Gasteiger partial charge is 0.462 e. The second-order valence-electron chi connectivity index (χ2n) is 8.31. The zero-order valence-electron chi connectivity index (χ0n) is 19.3. The molecule has 0 amide bonds. The fraction of sp³-hybridized carbons (Fsp3) is 0.920. The van der Waals surface area contributed by atoms with Gasteiger partial charge < -0.3 is 4.74 Å². The quantitative estimate of drug-likeness (QED) is 0.447. The summed E-state index contributed by atoms with van der Waals surface area (Å²) < 4.78 is 5.20. The zero-order chi connectivity index (χ0) is 21.0. The Hall–Kier alpha value is -1.04. The SMILES string of the molecule is CC.CC1CCCCC1.CCC(=O)OC1CCCCC1.N#CC1CCCCC1. The van der Waals surface area contributed by atoms with E-state index < -0.39 is 0 Å². The molecule has 0 atom stereocenters. The molecule has 3 nitrogen and oxygen atoms in total. The van der Waals surface area contributed by atoms with Crippen LogP contribution in [-0.2, 0) is 9.53 Å². The lowest BCUT2D eigenvalue weighted by Gasteiger charge is -2.21. The molecule has 0 aromatic rings. The lowest BCUT2D eigenvalue weighted by atomic mass is 9.91. The van der Waals surface area contributed by atoms with Gasteiger partial charge in [0.25, 0.3) is 0 Å². The predicted molar refractivity (Wildman–Crippen MR) is 119 cm³/mol. The second-order valence-corrected chi connectivity index (χ2v) is 8.31. The van der Waals surface area contributed by atoms with Crippen molar-refractivity contribution < 1.29 is 9.53 Å². The minimum absolute atomic E-state index is 0.0445. The van der Waals surface area contributed by atoms with Crippen LogP contribution < -0.4 is 0 Å². The molecular formula is C25H47NO2. The molecule has 0 radical (unpaired) electrons. The van der Waals surface area contributed by atoms with E-state index in [2.05, 4.69) is 13.0 Å². The molecule has 0 aliphatic heterocycles. The number of nitriles is 1. The van der Waals surface area contributed by atoms with Gasteiger partial charge in [0, 0.05) is 12.3 Å². The van der Waals surface area contributed by atoms with Crippen molar-refractivity contribution in [3.63, 3.8) is 0 Å². The van der Waals surface area contributed by atoms with Gasteiger partial charge in [-0.05, 0) is 44.4 Å². The van der Waals surface area contributed by atoms with Gasteiger partial charge in [-0.15, -0.1) is 0 Å². The Bertz CT molecular complexity index is 384. The summed E-state index contributed by atoms with van der Waals surface area (Å²) in [6, 6.07) is 2.30. The van der Waals surface area contributed by atoms with Crippen LogP contribution in [0.25, 0.3) is 0 Å². The molecule has 0 bridgehead atoms. The number of carbonyl (C=O) groups excluding carboxylic acids is 1. The molecule has 0 N–H and O–H groups in total. The van der Waals surface area contributed by atoms with Crippen LogP contribution in [0.1, 0.15) is 130 Å². The number of ether oxygens (including phenoxy) is 1. The van der Waals surface area contributed by atoms with Gasteiger partial charge in [0.2, 0.25) is 0 Å². The highest BCUT2D eigenvalue weighted by atomic mass is 16.5. The van der Waals surface area contributed by atoms with Crippen LogP contribution in [0.3, 0.4) is 0 Å². The van der Waals surface area contributed by atoms with Crippen molar-refractivity contribution in [3.8, 4) is 6.07 Å². The third-order valence-corrected chi connectivity index (χ3v) is 5.82. The van der Waals surface area contributed by atoms with Gasteiger partial charge in [-0.3, -0.25) is 4.79 Å². The van der Waals surface area contributed by atoms with E-state index in [9.17, 15) is 4.79 Å². The van der Waals surface area contributed by atoms with Gasteiger partial charge in [0.15, 0.2) is 0 Å². The minimum atomic E-state index is -0.0445. The predicted octanol–water partition coefficient (Wildman–Crippen LogP) is 7.98. The van der Waals surface area contributed by atoms with E-state index >= 15 is 0 Å². The van der Waals surface area contributed by atoms with Gasteiger partial charge >= 0.3 is 5.97 Å². The third kappa shape index (κ3) is 14.9. The molecule has 0 unspecified atom stereocenters. The number of hydrogen-bond acceptors (Lipinski definition) is 3. The maximum Gasteiger partial charge on any atom is 0.305 e. The van der Waals surface area contributed by atoms with E-state index in [0.717, 1.165) is 31.6 Å². The van der Waals surface area contributed by atoms with E-state index in [1.54, 1.807) is 0 Å². The summed E-state index contributed by atoms with van der Waals surface area (Å²) in [6.07, 6.45) is 20.3. The van der Waals surface area contributed by atoms with Gasteiger partial charge in [-0.2, -0.15) is 5.26 Å². The van der Waals surface area contributed by atoms with Crippen LogP contribution in [0.4, 0.5) is 0 Å². The maximum absolute atomic E-state index is 10.9. The van der Waals surface area contributed by atoms with E-state index in [0.29, 0.717) is 12.3 Å². The van der Waals surface area contributed by atoms with Gasteiger partial charge in [-0.25, -0.2) is 0 Å². The number of esters is 1. The number of nitrogens with zero attached hydrogens (tertiary/aromatic N) is 1. The Kier molecular flexibility index (Phi) is 18.6. The summed E-state index contributed by atoms with van der Waals surface area (Å²) in [4.78, 5) is 10.9. The van der Waals surface area contributed by atoms with Gasteiger partial charge in [0.1, 0.15) is 6.10 Å². The van der Waals surface area contributed by atoms with Crippen molar-refractivity contribution in [2.45, 2.75) is 137 Å². The van der Waals surface area contributed by atoms with Crippen molar-refractivity contribution in [1.82, 2.24) is 0 Å². The molecule has 0 heterocycles. The summed E-state index contributed by atoms with van der Waals surface area (Å²) in [5.74, 6) is 1.38. The number of rotatable bonds is 2. The van der Waals surface area contributed by atoms with E-state index in [1.165, 1.54) is 70.6 Å². The third-order valence-electron chi connectivity index (χ3n) is 5.82. The molecule has 3 fully saturated rings. The minimum Gasteiger partial charge on any atom is -0.462 e. The molecule has 3 rings (SSSR count). The first-order chi connectivity index (χ1) is 13.7. The average molecular weight is 394 g/mol. The fourth-order valence-corrected chi connectivity index (χ4v) is 3.99. The Labute approximate surface area is 175 Å². The van der Waals surface area contributed by atoms with Crippen LogP contribution in [0.5, 0.6) is 0 Å². The molecule has 0 aromatic carbocycles. The highest BCUT2D eigenvalue weighted by molar-refractivity contribution is 5.69. The first-order valence-electron chi connectivity index (χ1n) is 12.2. The molecule has 3 saturated carbocycles. The lowest BCUT2D eigenvalue weighted by molar-refractivity contribution is -0.150. The van der Waals surface area contributed by atoms with Crippen molar-refractivity contribution in [2.24, 2.45) is 11.8 Å². The van der Waals surface area contributed by atoms with E-state index in [4.69, 9.17) is 10.00 Å². The Morgan fingerprint density at radius 3 is 1.57 bits per heavy atom. The molecule has 28 heavy (non-hydrogen) atoms. The first kappa shape index (κ1) is 27.0. The van der Waals surface area contributed by atoms with E-state index in [1.807, 2.05) is 20.8 Å². The second kappa shape index (κ2) is 19.3. The Balaban J connectivity index is 0.000000383. The summed E-state index contributed by atoms with van der Waals surface area (Å²) in [5.41, 5.74) is 0. The fourth-order valence-electron chi connectivity index (χ4n) is 3.99. The lowest BCUT2D eigenvalue weighted by Crippen LogP contribution is -2.20. The average Bonchev–Trinajstić information content (AvgIpc) is 2.78. The molecule has 3 heteroatoms. The summed E-state index contributed by atoms with van der Waals surface area (Å²) >= 11 is 0. The van der Waals surface area contributed by atoms with Crippen molar-refractivity contribution in [1.29, 1.82) is 5.26 Å². The van der Waals surface area contributed by atoms with Crippen molar-refractivity contribution in [2.75, 3.05) is 0 Å². The van der Waals surface area contributed by atoms with Crippen LogP contribution in [0, 0.1) is 23.2 Å². The number of hydrogen-bond donors (Lipinski definition) is 0. The molecule has 0 saturated heterocycles. The van der Waals surface area contributed by atoms with E-state index in [-0.39, 0.29) is 12.1 Å². The summed E-state index contributed by atoms with van der Waals surface area (Å²) in [7, 11) is 0. The summed E-state index contributed by atoms with van der Waals surface area (Å²) in [5, 5.41) is 8.44. The smallest absolute Gasteiger partial charge is 0.305 e. The number of carbonyl (C=O) groups is 1. The topological polar surface area (TPSA) is 50.1 Å². The van der Waals surface area contributed by atoms with Crippen molar-refractivity contribution in [3.05, 3.63) is 0 Å². The zero-order valence-corrected chi connectivity index (χ0v) is 19.3. The van der Waals surface area contributed by atoms with Crippen LogP contribution in [0.15, 0.2) is 0 Å². The molecule has 0 aromatic heterocycles. The van der Waals surface area contributed by atoms with Gasteiger partial charge in [0.05, 0.1) is 6.07 Å². The molecule has 164 valence electrons. The monoisotopic (exact) mass is 393 g/mol. The van der Waals surface area contributed by atoms with Crippen LogP contribution in [0.2, 0.25) is 0 Å². The highest BCUT2D eigenvalue weighted by Crippen LogP contribution is 2.23. The van der Waals surface area contributed by atoms with Crippen molar-refractivity contribution >= 4 is 5.97 Å². The molecule has 3 aliphatic rings. The van der Waals surface area contributed by atoms with Gasteiger partial charge in [-0.1, -0.05) is 85.5 Å².